The van der Waals surface area contributed by atoms with Crippen molar-refractivity contribution in [3.8, 4) is 34.9 Å². The zero-order valence-electron chi connectivity index (χ0n) is 43.6. The lowest BCUT2D eigenvalue weighted by molar-refractivity contribution is -0.140. The largest absolute Gasteiger partial charge is 0.378 e. The van der Waals surface area contributed by atoms with Crippen molar-refractivity contribution in [1.29, 1.82) is 10.5 Å². The summed E-state index contributed by atoms with van der Waals surface area (Å²) in [7, 11) is 0. The van der Waals surface area contributed by atoms with E-state index in [4.69, 9.17) is 25.2 Å². The number of aromatic nitrogens is 4. The maximum Gasteiger partial charge on any atom is 0.254 e. The van der Waals surface area contributed by atoms with Gasteiger partial charge in [-0.3, -0.25) is 19.3 Å². The van der Waals surface area contributed by atoms with Gasteiger partial charge >= 0.3 is 0 Å². The summed E-state index contributed by atoms with van der Waals surface area (Å²) in [4.78, 5) is 60.2. The van der Waals surface area contributed by atoms with Gasteiger partial charge in [-0.2, -0.15) is 10.5 Å². The van der Waals surface area contributed by atoms with Crippen molar-refractivity contribution < 1.29 is 23.9 Å². The fourth-order valence-corrected chi connectivity index (χ4v) is 11.2. The molecule has 0 saturated carbocycles. The van der Waals surface area contributed by atoms with Gasteiger partial charge in [-0.15, -0.1) is 0 Å². The normalized spacial score (nSPS) is 17.9. The minimum Gasteiger partial charge on any atom is -0.378 e. The van der Waals surface area contributed by atoms with Gasteiger partial charge in [0.2, 0.25) is 0 Å². The van der Waals surface area contributed by atoms with Gasteiger partial charge in [-0.05, 0) is 135 Å². The first-order valence-corrected chi connectivity index (χ1v) is 26.5. The molecule has 6 aliphatic heterocycles. The number of rotatable bonds is 7. The number of imidazole rings is 2. The van der Waals surface area contributed by atoms with Gasteiger partial charge in [0.05, 0.1) is 65.3 Å². The number of nitriles is 2. The molecule has 15 nitrogen and oxygen atoms in total. The summed E-state index contributed by atoms with van der Waals surface area (Å²) in [6.45, 7) is 17.2. The number of carbonyl (C=O) groups excluding carboxylic acids is 3. The van der Waals surface area contributed by atoms with Gasteiger partial charge in [-0.25, -0.2) is 9.97 Å². The molecule has 0 unspecified atom stereocenters. The van der Waals surface area contributed by atoms with Crippen LogP contribution in [0.1, 0.15) is 126 Å². The Morgan fingerprint density at radius 1 is 0.613 bits per heavy atom. The number of hydrogen-bond acceptors (Lipinski definition) is 11. The summed E-state index contributed by atoms with van der Waals surface area (Å²) in [5.74, 6) is 2.99. The summed E-state index contributed by atoms with van der Waals surface area (Å²) < 4.78 is 9.87. The molecule has 2 amide bonds. The fraction of sp³-hybridized carbons (Fsp3) is 0.417. The molecule has 0 bridgehead atoms. The highest BCUT2D eigenvalue weighted by atomic mass is 16.5. The molecule has 8 heterocycles. The Hall–Kier alpha value is -7.27. The standard InChI is InChI=1S/C30H33N5O2.C27H29N5O.C3H4O2/c1-19-13-20(2)26(30(36)34-10-7-23(8-11-34)22-5-3-21(15-31)4-6-22)14-25(19)29-32-27-9-12-35(16-28(27)33-29)24-17-37-18-24;1-17-13-18(2)23(14-22(17)26-30-24-7-10-29-16-25(24)31-26)27(33)32-11-8-21(9-12-32)20-5-3-19(15-28)4-6-20;4-3-1-5-2-3/h3-6,13-14,23-24H,7-12,16-18H2,1-2H3,(H,32,33);3-6,13-14,21,29H,7-12,16H2,1-2H3,(H,30,31);1-2H2. The SMILES string of the molecule is Cc1cc(C)c(-c2nc3c([nH]2)CN(C2COC2)CC3)cc1C(=O)N1CCC(c2ccc(C#N)cc2)CC1.Cc1cc(C)c(-c2nc3c([nH]2)CNCC3)cc1C(=O)N1CCC(c2ccc(C#N)cc2)CC1.O=C1COC1. The van der Waals surface area contributed by atoms with E-state index in [2.05, 4.69) is 87.3 Å². The highest BCUT2D eigenvalue weighted by molar-refractivity contribution is 5.98. The second-order valence-corrected chi connectivity index (χ2v) is 21.0. The third-order valence-corrected chi connectivity index (χ3v) is 15.9. The highest BCUT2D eigenvalue weighted by Gasteiger charge is 2.32. The molecule has 6 aliphatic rings. The number of nitrogens with zero attached hydrogens (tertiary/aromatic N) is 7. The monoisotopic (exact) mass is 1010 g/mol. The van der Waals surface area contributed by atoms with E-state index in [1.165, 1.54) is 16.8 Å². The van der Waals surface area contributed by atoms with E-state index in [-0.39, 0.29) is 17.6 Å². The van der Waals surface area contributed by atoms with E-state index < -0.39 is 0 Å². The molecule has 3 N–H and O–H groups in total. The van der Waals surface area contributed by atoms with Gasteiger partial charge in [0.25, 0.3) is 11.8 Å². The minimum atomic E-state index is 0.101. The Kier molecular flexibility index (Phi) is 15.5. The smallest absolute Gasteiger partial charge is 0.254 e. The molecule has 12 rings (SSSR count). The topological polar surface area (TPSA) is 196 Å². The average molecular weight is 1010 g/mol. The van der Waals surface area contributed by atoms with Crippen LogP contribution in [-0.2, 0) is 40.2 Å². The highest BCUT2D eigenvalue weighted by Crippen LogP contribution is 2.34. The zero-order valence-corrected chi connectivity index (χ0v) is 43.6. The number of piperidine rings is 2. The van der Waals surface area contributed by atoms with E-state index in [1.54, 1.807) is 0 Å². The molecule has 4 saturated heterocycles. The first kappa shape index (κ1) is 51.2. The number of hydrogen-bond donors (Lipinski definition) is 3. The quantitative estimate of drug-likeness (QED) is 0.140. The fourth-order valence-electron chi connectivity index (χ4n) is 11.2. The summed E-state index contributed by atoms with van der Waals surface area (Å²) in [5, 5.41) is 21.4. The second-order valence-electron chi connectivity index (χ2n) is 21.0. The molecular formula is C60H66N10O5. The number of aromatic amines is 2. The number of benzene rings is 4. The van der Waals surface area contributed by atoms with Crippen molar-refractivity contribution in [2.24, 2.45) is 0 Å². The molecule has 0 atom stereocenters. The maximum atomic E-state index is 13.6. The summed E-state index contributed by atoms with van der Waals surface area (Å²) in [6.07, 6.45) is 5.61. The number of ketones is 1. The number of aryl methyl sites for hydroxylation is 4. The van der Waals surface area contributed by atoms with Crippen LogP contribution in [0.5, 0.6) is 0 Å². The lowest BCUT2D eigenvalue weighted by Crippen LogP contribution is -2.50. The molecule has 6 aromatic rings. The lowest BCUT2D eigenvalue weighted by Gasteiger charge is -2.38. The van der Waals surface area contributed by atoms with Crippen LogP contribution >= 0.6 is 0 Å². The molecule has 4 aromatic carbocycles. The molecule has 0 radical (unpaired) electrons. The summed E-state index contributed by atoms with van der Waals surface area (Å²) in [6, 6.07) is 28.9. The number of fused-ring (bicyclic) bond motifs is 2. The van der Waals surface area contributed by atoms with E-state index in [0.29, 0.717) is 42.2 Å². The van der Waals surface area contributed by atoms with Crippen LogP contribution < -0.4 is 5.32 Å². The number of nitrogens with one attached hydrogen (secondary N) is 3. The Labute approximate surface area is 439 Å². The molecule has 386 valence electrons. The van der Waals surface area contributed by atoms with E-state index >= 15 is 0 Å². The first-order valence-electron chi connectivity index (χ1n) is 26.5. The van der Waals surface area contributed by atoms with Crippen LogP contribution in [0.3, 0.4) is 0 Å². The number of amides is 2. The Balaban J connectivity index is 0.000000157. The first-order chi connectivity index (χ1) is 36.4. The van der Waals surface area contributed by atoms with Crippen LogP contribution in [0.15, 0.2) is 72.8 Å². The third kappa shape index (κ3) is 11.4. The molecule has 0 spiro atoms. The van der Waals surface area contributed by atoms with Crippen molar-refractivity contribution in [3.05, 3.63) is 151 Å². The van der Waals surface area contributed by atoms with Crippen LogP contribution in [-0.4, -0.2) is 124 Å². The van der Waals surface area contributed by atoms with Crippen LogP contribution in [0.4, 0.5) is 0 Å². The summed E-state index contributed by atoms with van der Waals surface area (Å²) in [5.41, 5.74) is 16.3. The molecule has 4 fully saturated rings. The van der Waals surface area contributed by atoms with Crippen molar-refractivity contribution in [1.82, 2.24) is 40.0 Å². The maximum absolute atomic E-state index is 13.6. The van der Waals surface area contributed by atoms with Crippen molar-refractivity contribution in [3.63, 3.8) is 0 Å². The van der Waals surface area contributed by atoms with Crippen LogP contribution in [0.25, 0.3) is 22.8 Å². The number of ether oxygens (including phenoxy) is 2. The van der Waals surface area contributed by atoms with Gasteiger partial charge < -0.3 is 34.6 Å². The number of carbonyl (C=O) groups is 3. The molecule has 15 heteroatoms. The number of H-pyrrole nitrogens is 2. The zero-order chi connectivity index (χ0) is 52.2. The predicted octanol–water partition coefficient (Wildman–Crippen LogP) is 8.16. The molecule has 0 aliphatic carbocycles. The van der Waals surface area contributed by atoms with E-state index in [0.717, 1.165) is 177 Å². The van der Waals surface area contributed by atoms with Crippen molar-refractivity contribution in [2.75, 3.05) is 65.7 Å². The Morgan fingerprint density at radius 2 is 1.08 bits per heavy atom. The second kappa shape index (κ2) is 22.7. The van der Waals surface area contributed by atoms with Crippen molar-refractivity contribution in [2.45, 2.75) is 97.2 Å². The predicted molar refractivity (Wildman–Crippen MR) is 285 cm³/mol. The summed E-state index contributed by atoms with van der Waals surface area (Å²) >= 11 is 0. The Morgan fingerprint density at radius 3 is 1.49 bits per heavy atom. The molecular weight excluding hydrogens is 941 g/mol. The van der Waals surface area contributed by atoms with Gasteiger partial charge in [-0.1, -0.05) is 36.4 Å². The lowest BCUT2D eigenvalue weighted by atomic mass is 9.88. The molecule has 75 heavy (non-hydrogen) atoms. The van der Waals surface area contributed by atoms with Gasteiger partial charge in [0.1, 0.15) is 24.9 Å². The van der Waals surface area contributed by atoms with E-state index in [9.17, 15) is 14.4 Å². The van der Waals surface area contributed by atoms with Crippen molar-refractivity contribution >= 4 is 17.6 Å². The Bertz CT molecular complexity index is 3130. The van der Waals surface area contributed by atoms with Crippen LogP contribution in [0.2, 0.25) is 0 Å². The van der Waals surface area contributed by atoms with Gasteiger partial charge in [0.15, 0.2) is 5.78 Å². The van der Waals surface area contributed by atoms with Gasteiger partial charge in [0, 0.05) is 87.5 Å². The number of Topliss-reactive ketones (excluding diaryl/α,β-unsaturated/α-hetero) is 1. The average Bonchev–Trinajstić information content (AvgIpc) is 4.05. The number of likely N-dealkylation sites (tertiary alicyclic amines) is 2. The molecule has 2 aromatic heterocycles. The van der Waals surface area contributed by atoms with Crippen LogP contribution in [0, 0.1) is 50.4 Å². The minimum absolute atomic E-state index is 0.101. The third-order valence-electron chi connectivity index (χ3n) is 15.9. The van der Waals surface area contributed by atoms with E-state index in [1.807, 2.05) is 60.0 Å².